The van der Waals surface area contributed by atoms with Gasteiger partial charge in [-0.05, 0) is 106 Å². The van der Waals surface area contributed by atoms with E-state index in [1.54, 1.807) is 30.3 Å². The number of nitrogens with two attached hydrogens (primary N) is 1. The maximum absolute atomic E-state index is 13.4. The number of carboxylic acid groups (broad SMARTS) is 1. The highest BCUT2D eigenvalue weighted by molar-refractivity contribution is 7.89. The van der Waals surface area contributed by atoms with Crippen molar-refractivity contribution in [2.75, 3.05) is 50.8 Å². The lowest BCUT2D eigenvalue weighted by molar-refractivity contribution is -0.134. The van der Waals surface area contributed by atoms with Gasteiger partial charge in [0, 0.05) is 92.2 Å². The van der Waals surface area contributed by atoms with Crippen LogP contribution in [-0.4, -0.2) is 113 Å². The average molecular weight is 1100 g/mol. The lowest BCUT2D eigenvalue weighted by atomic mass is 10.1. The highest BCUT2D eigenvalue weighted by Gasteiger charge is 2.34. The number of imidazole rings is 1. The number of ether oxygens (including phenoxy) is 4. The van der Waals surface area contributed by atoms with Crippen molar-refractivity contribution < 1.29 is 50.5 Å². The van der Waals surface area contributed by atoms with Crippen LogP contribution in [0.1, 0.15) is 60.4 Å². The molecular weight excluding hydrogens is 1050 g/mol. The van der Waals surface area contributed by atoms with Gasteiger partial charge < -0.3 is 39.7 Å². The van der Waals surface area contributed by atoms with Crippen LogP contribution in [-0.2, 0) is 24.8 Å². The first-order valence-corrected chi connectivity index (χ1v) is 27.2. The van der Waals surface area contributed by atoms with Gasteiger partial charge in [0.2, 0.25) is 33.6 Å². The third-order valence-electron chi connectivity index (χ3n) is 12.3. The van der Waals surface area contributed by atoms with Gasteiger partial charge in [0.05, 0.1) is 25.5 Å². The Balaban J connectivity index is 0.000000164. The molecule has 2 fully saturated rings. The van der Waals surface area contributed by atoms with Crippen molar-refractivity contribution in [1.82, 2.24) is 33.1 Å². The summed E-state index contributed by atoms with van der Waals surface area (Å²) < 4.78 is 79.0. The zero-order valence-electron chi connectivity index (χ0n) is 40.9. The van der Waals surface area contributed by atoms with Gasteiger partial charge in [-0.15, -0.1) is 0 Å². The highest BCUT2D eigenvalue weighted by atomic mass is 35.5. The highest BCUT2D eigenvalue weighted by Crippen LogP contribution is 2.39. The molecule has 11 rings (SSSR count). The number of rotatable bonds is 9. The van der Waals surface area contributed by atoms with E-state index < -0.39 is 26.0 Å². The van der Waals surface area contributed by atoms with E-state index in [2.05, 4.69) is 19.9 Å². The van der Waals surface area contributed by atoms with Crippen LogP contribution in [0.15, 0.2) is 113 Å². The van der Waals surface area contributed by atoms with Gasteiger partial charge in [0.15, 0.2) is 34.9 Å². The Morgan fingerprint density at radius 1 is 0.720 bits per heavy atom. The van der Waals surface area contributed by atoms with Gasteiger partial charge in [0.25, 0.3) is 5.97 Å². The third-order valence-corrected chi connectivity index (χ3v) is 16.8. The maximum atomic E-state index is 13.4. The number of sulfonamides is 2. The molecule has 2 saturated heterocycles. The summed E-state index contributed by atoms with van der Waals surface area (Å²) in [6.45, 7) is 6.79. The molecule has 4 aromatic heterocycles. The normalized spacial score (nSPS) is 15.6. The number of fused-ring (bicyclic) bond motifs is 3. The third kappa shape index (κ3) is 12.7. The van der Waals surface area contributed by atoms with Crippen molar-refractivity contribution in [1.29, 1.82) is 0 Å². The Labute approximate surface area is 443 Å². The van der Waals surface area contributed by atoms with Gasteiger partial charge in [0.1, 0.15) is 17.2 Å². The number of hydrogen-bond acceptors (Lipinski definition) is 16. The van der Waals surface area contributed by atoms with Crippen LogP contribution in [0.5, 0.6) is 23.0 Å². The van der Waals surface area contributed by atoms with E-state index >= 15 is 0 Å². The number of piperidine rings is 2. The second-order valence-electron chi connectivity index (χ2n) is 17.5. The Hall–Kier alpha value is -7.08. The number of aldehydes is 1. The van der Waals surface area contributed by atoms with Crippen molar-refractivity contribution in [2.24, 2.45) is 0 Å². The zero-order chi connectivity index (χ0) is 53.4. The van der Waals surface area contributed by atoms with Crippen LogP contribution >= 0.6 is 23.2 Å². The molecule has 24 heteroatoms. The molecule has 20 nitrogen and oxygen atoms in total. The predicted octanol–water partition coefficient (Wildman–Crippen LogP) is 8.42. The number of aromatic nitrogens is 5. The molecule has 0 atom stereocenters. The molecule has 0 amide bonds. The number of carbonyl (C=O) groups is 2. The summed E-state index contributed by atoms with van der Waals surface area (Å²) in [6.07, 6.45) is 6.27. The summed E-state index contributed by atoms with van der Waals surface area (Å²) in [7, 11) is -7.22. The first-order chi connectivity index (χ1) is 35.9. The van der Waals surface area contributed by atoms with E-state index in [9.17, 15) is 21.6 Å². The number of nitrogen functional groups attached to an aromatic ring is 1. The van der Waals surface area contributed by atoms with Crippen LogP contribution in [0, 0.1) is 13.8 Å². The summed E-state index contributed by atoms with van der Waals surface area (Å²) in [6, 6.07) is 26.4. The summed E-state index contributed by atoms with van der Waals surface area (Å²) in [5, 5.41) is 11.8. The molecule has 7 aromatic rings. The Kier molecular flexibility index (Phi) is 17.1. The number of carbonyl (C=O) groups excluding carboxylic acids is 1. The number of aryl methyl sites for hydroxylation is 2. The maximum Gasteiger partial charge on any atom is 0.300 e. The number of hydrogen-bond donors (Lipinski definition) is 3. The van der Waals surface area contributed by atoms with Crippen molar-refractivity contribution >= 4 is 78.2 Å². The van der Waals surface area contributed by atoms with Crippen LogP contribution in [0.25, 0.3) is 22.6 Å². The average Bonchev–Trinajstić information content (AvgIpc) is 4.17. The van der Waals surface area contributed by atoms with Crippen LogP contribution in [0.3, 0.4) is 0 Å². The minimum Gasteiger partial charge on any atom is -0.481 e. The molecule has 75 heavy (non-hydrogen) atoms. The van der Waals surface area contributed by atoms with E-state index in [4.69, 9.17) is 67.8 Å². The molecule has 0 unspecified atom stereocenters. The molecule has 8 heterocycles. The fourth-order valence-corrected chi connectivity index (χ4v) is 11.9. The lowest BCUT2D eigenvalue weighted by Gasteiger charge is -2.32. The minimum absolute atomic E-state index is 0.0313. The van der Waals surface area contributed by atoms with Crippen molar-refractivity contribution in [3.63, 3.8) is 0 Å². The molecule has 0 bridgehead atoms. The number of halogens is 2. The molecule has 0 saturated carbocycles. The first kappa shape index (κ1) is 54.2. The number of nitrogens with zero attached hydrogens (tertiary/aromatic N) is 7. The largest absolute Gasteiger partial charge is 0.481 e. The number of nitrogens with one attached hydrogen (secondary N) is 1. The van der Waals surface area contributed by atoms with E-state index in [0.29, 0.717) is 108 Å². The van der Waals surface area contributed by atoms with E-state index in [1.165, 1.54) is 33.1 Å². The molecule has 4 N–H and O–H groups in total. The molecule has 0 radical (unpaired) electrons. The topological polar surface area (TPSA) is 261 Å². The number of aliphatic carboxylic acids is 1. The fourth-order valence-electron chi connectivity index (χ4n) is 8.56. The van der Waals surface area contributed by atoms with E-state index in [0.717, 1.165) is 40.9 Å². The fraction of sp³-hybridized carbons (Fsp3) is 0.294. The second-order valence-corrected chi connectivity index (χ2v) is 22.2. The summed E-state index contributed by atoms with van der Waals surface area (Å²) >= 11 is 12.1. The van der Waals surface area contributed by atoms with Crippen molar-refractivity contribution in [3.8, 4) is 34.4 Å². The van der Waals surface area contributed by atoms with Gasteiger partial charge >= 0.3 is 0 Å². The van der Waals surface area contributed by atoms with Crippen LogP contribution in [0.4, 0.5) is 11.5 Å². The minimum atomic E-state index is -3.66. The predicted molar refractivity (Wildman–Crippen MR) is 282 cm³/mol. The molecule has 394 valence electrons. The van der Waals surface area contributed by atoms with Gasteiger partial charge in [-0.1, -0.05) is 35.3 Å². The first-order valence-electron chi connectivity index (χ1n) is 23.6. The molecule has 4 aliphatic rings. The summed E-state index contributed by atoms with van der Waals surface area (Å²) in [4.78, 5) is 37.3. The number of carboxylic acids is 1. The second kappa shape index (κ2) is 23.6. The molecule has 3 aromatic carbocycles. The molecule has 0 aliphatic carbocycles. The van der Waals surface area contributed by atoms with E-state index in [1.807, 2.05) is 62.4 Å². The summed E-state index contributed by atoms with van der Waals surface area (Å²) in [5.74, 6) is 2.63. The molecular formula is C51H53Cl2N9O11S2. The summed E-state index contributed by atoms with van der Waals surface area (Å²) in [5.41, 5.74) is 11.2. The molecule has 0 spiro atoms. The monoisotopic (exact) mass is 1100 g/mol. The standard InChI is InChI=1S/C25H23ClN4O4S.C18H22N4O4S.C6H4ClNO.C2H4O2/c1-16-6-8-21-25(27-16)30(24(28-21)19-4-2-3-5-20(19)26)17-10-12-29(13-11-17)35(31,32)18-7-9-22-23(14-18)34-15-33-22;1-12-2-4-15(19)18(20-12)21-13-6-8-22(9-7-13)27(23,24)14-3-5-16-17(10-14)26-11-25-16;7-6-3-8-2-1-5(6)4-9;1-2(3)4/h2-9,14,17H,10-13,15H2,1H3;2-5,10,13H,6-9,11,19H2,1H3,(H,20,21);1-4H;1H3,(H,3,4). The number of benzene rings is 3. The Bertz CT molecular complexity index is 3440. The Morgan fingerprint density at radius 3 is 1.83 bits per heavy atom. The van der Waals surface area contributed by atoms with E-state index in [-0.39, 0.29) is 35.5 Å². The number of pyridine rings is 3. The Morgan fingerprint density at radius 2 is 1.27 bits per heavy atom. The number of anilines is 2. The smallest absolute Gasteiger partial charge is 0.300 e. The lowest BCUT2D eigenvalue weighted by Crippen LogP contribution is -2.42. The van der Waals surface area contributed by atoms with Crippen molar-refractivity contribution in [3.05, 3.63) is 130 Å². The van der Waals surface area contributed by atoms with Crippen molar-refractivity contribution in [2.45, 2.75) is 68.3 Å². The SMILES string of the molecule is CC(=O)O.Cc1ccc(N)c(NC2CCN(S(=O)(=O)c3ccc4c(c3)OCO4)CC2)n1.Cc1ccc2nc(-c3ccccc3Cl)n(C3CCN(S(=O)(=O)c4ccc5c(c4)OCO5)CC3)c2n1.O=Cc1ccncc1Cl. The van der Waals surface area contributed by atoms with Gasteiger partial charge in [-0.25, -0.2) is 31.8 Å². The van der Waals surface area contributed by atoms with Crippen LogP contribution < -0.4 is 30.0 Å². The van der Waals surface area contributed by atoms with Crippen LogP contribution in [0.2, 0.25) is 10.0 Å². The van der Waals surface area contributed by atoms with Gasteiger partial charge in [-0.2, -0.15) is 8.61 Å². The zero-order valence-corrected chi connectivity index (χ0v) is 44.1. The molecule has 4 aliphatic heterocycles. The van der Waals surface area contributed by atoms with Gasteiger partial charge in [-0.3, -0.25) is 14.6 Å². The quantitative estimate of drug-likeness (QED) is 0.115.